The summed E-state index contributed by atoms with van der Waals surface area (Å²) in [6.07, 6.45) is 6.76. The van der Waals surface area contributed by atoms with E-state index in [-0.39, 0.29) is 0 Å². The average molecular weight is 207 g/mol. The quantitative estimate of drug-likeness (QED) is 0.605. The third-order valence-electron chi connectivity index (χ3n) is 3.92. The van der Waals surface area contributed by atoms with E-state index in [0.717, 1.165) is 11.8 Å². The zero-order chi connectivity index (χ0) is 11.1. The van der Waals surface area contributed by atoms with Crippen LogP contribution in [0.4, 0.5) is 0 Å². The van der Waals surface area contributed by atoms with Gasteiger partial charge in [0.15, 0.2) is 0 Å². The molecule has 0 aromatic heterocycles. The van der Waals surface area contributed by atoms with Gasteiger partial charge in [-0.2, -0.15) is 0 Å². The lowest BCUT2D eigenvalue weighted by molar-refractivity contribution is 0.171. The van der Waals surface area contributed by atoms with Crippen molar-refractivity contribution < 1.29 is 0 Å². The van der Waals surface area contributed by atoms with Crippen LogP contribution in [0.2, 0.25) is 0 Å². The highest BCUT2D eigenvalue weighted by atomic mass is 14.8. The molecule has 0 saturated heterocycles. The van der Waals surface area contributed by atoms with Crippen LogP contribution in [0.25, 0.3) is 0 Å². The molecule has 86 valence electrons. The topological polar surface area (TPSA) is 12.4 Å². The first-order valence-electron chi connectivity index (χ1n) is 6.50. The van der Waals surface area contributed by atoms with E-state index in [9.17, 15) is 0 Å². The molecule has 2 aliphatic carbocycles. The van der Waals surface area contributed by atoms with Crippen LogP contribution in [0.1, 0.15) is 59.8 Å². The Morgan fingerprint density at radius 1 is 1.20 bits per heavy atom. The molecule has 2 atom stereocenters. The number of aliphatic imine (C=N–C) groups is 1. The minimum absolute atomic E-state index is 0.510. The van der Waals surface area contributed by atoms with Gasteiger partial charge in [0, 0.05) is 5.71 Å². The van der Waals surface area contributed by atoms with Gasteiger partial charge in [0.05, 0.1) is 6.04 Å². The van der Waals surface area contributed by atoms with Crippen molar-refractivity contribution in [1.82, 2.24) is 0 Å². The van der Waals surface area contributed by atoms with Gasteiger partial charge in [-0.1, -0.05) is 20.8 Å². The Hall–Kier alpha value is -0.330. The number of nitrogens with zero attached hydrogens (tertiary/aromatic N) is 1. The van der Waals surface area contributed by atoms with Crippen molar-refractivity contribution in [3.8, 4) is 0 Å². The molecule has 0 bridgehead atoms. The highest BCUT2D eigenvalue weighted by molar-refractivity contribution is 5.86. The Morgan fingerprint density at radius 3 is 2.40 bits per heavy atom. The monoisotopic (exact) mass is 207 g/mol. The third-order valence-corrected chi connectivity index (χ3v) is 3.92. The van der Waals surface area contributed by atoms with E-state index in [1.54, 1.807) is 0 Å². The van der Waals surface area contributed by atoms with E-state index >= 15 is 0 Å². The van der Waals surface area contributed by atoms with Crippen molar-refractivity contribution in [2.45, 2.75) is 65.8 Å². The number of hydrogen-bond donors (Lipinski definition) is 0. The van der Waals surface area contributed by atoms with Gasteiger partial charge in [-0.3, -0.25) is 4.99 Å². The van der Waals surface area contributed by atoms with Gasteiger partial charge < -0.3 is 0 Å². The lowest BCUT2D eigenvalue weighted by Gasteiger charge is -2.37. The Bertz CT molecular complexity index is 261. The average Bonchev–Trinajstić information content (AvgIpc) is 2.80. The predicted molar refractivity (Wildman–Crippen MR) is 66.4 cm³/mol. The van der Waals surface area contributed by atoms with Gasteiger partial charge in [0.1, 0.15) is 0 Å². The van der Waals surface area contributed by atoms with Crippen LogP contribution in [0, 0.1) is 17.3 Å². The smallest absolute Gasteiger partial charge is 0.0506 e. The molecule has 0 heterocycles. The largest absolute Gasteiger partial charge is 0.291 e. The Kier molecular flexibility index (Phi) is 2.92. The van der Waals surface area contributed by atoms with Gasteiger partial charge in [-0.25, -0.2) is 0 Å². The maximum atomic E-state index is 4.96. The fourth-order valence-corrected chi connectivity index (χ4v) is 3.29. The highest BCUT2D eigenvalue weighted by Gasteiger charge is 2.33. The van der Waals surface area contributed by atoms with Crippen LogP contribution < -0.4 is 0 Å². The summed E-state index contributed by atoms with van der Waals surface area (Å²) in [5.74, 6) is 1.71. The predicted octanol–water partition coefficient (Wildman–Crippen LogP) is 4.07. The molecule has 2 saturated carbocycles. The summed E-state index contributed by atoms with van der Waals surface area (Å²) in [6, 6.07) is 0.615. The maximum Gasteiger partial charge on any atom is 0.0506 e. The molecule has 1 nitrogen and oxygen atoms in total. The SMILES string of the molecule is CC(=NC1CC(C)CC(C)(C)C1)C1CC1. The zero-order valence-corrected chi connectivity index (χ0v) is 10.7. The first-order valence-corrected chi connectivity index (χ1v) is 6.50. The summed E-state index contributed by atoms with van der Waals surface area (Å²) < 4.78 is 0. The molecule has 0 spiro atoms. The molecule has 2 unspecified atom stereocenters. The van der Waals surface area contributed by atoms with E-state index in [2.05, 4.69) is 27.7 Å². The minimum Gasteiger partial charge on any atom is -0.291 e. The minimum atomic E-state index is 0.510. The van der Waals surface area contributed by atoms with Crippen LogP contribution in [-0.2, 0) is 0 Å². The normalized spacial score (nSPS) is 36.7. The van der Waals surface area contributed by atoms with Crippen molar-refractivity contribution >= 4 is 5.71 Å². The molecule has 2 rings (SSSR count). The van der Waals surface area contributed by atoms with Gasteiger partial charge in [-0.15, -0.1) is 0 Å². The van der Waals surface area contributed by atoms with Crippen molar-refractivity contribution in [3.05, 3.63) is 0 Å². The molecule has 0 aromatic rings. The molecular formula is C14H25N. The molecular weight excluding hydrogens is 182 g/mol. The fraction of sp³-hybridized carbons (Fsp3) is 0.929. The molecule has 0 amide bonds. The van der Waals surface area contributed by atoms with Crippen molar-refractivity contribution in [1.29, 1.82) is 0 Å². The molecule has 0 aromatic carbocycles. The molecule has 2 fully saturated rings. The highest BCUT2D eigenvalue weighted by Crippen LogP contribution is 2.40. The second-order valence-corrected chi connectivity index (χ2v) is 6.61. The van der Waals surface area contributed by atoms with Gasteiger partial charge in [0.25, 0.3) is 0 Å². The van der Waals surface area contributed by atoms with Gasteiger partial charge >= 0.3 is 0 Å². The van der Waals surface area contributed by atoms with Crippen LogP contribution >= 0.6 is 0 Å². The van der Waals surface area contributed by atoms with E-state index < -0.39 is 0 Å². The first kappa shape index (κ1) is 11.2. The Labute approximate surface area is 94.4 Å². The third kappa shape index (κ3) is 3.06. The lowest BCUT2D eigenvalue weighted by Crippen LogP contribution is -2.30. The lowest BCUT2D eigenvalue weighted by atomic mass is 9.71. The Morgan fingerprint density at radius 2 is 1.87 bits per heavy atom. The molecule has 0 aliphatic heterocycles. The zero-order valence-electron chi connectivity index (χ0n) is 10.7. The maximum absolute atomic E-state index is 4.96. The summed E-state index contributed by atoms with van der Waals surface area (Å²) >= 11 is 0. The van der Waals surface area contributed by atoms with E-state index in [4.69, 9.17) is 4.99 Å². The summed E-state index contributed by atoms with van der Waals surface area (Å²) in [5.41, 5.74) is 1.94. The van der Waals surface area contributed by atoms with Crippen molar-refractivity contribution in [3.63, 3.8) is 0 Å². The number of hydrogen-bond acceptors (Lipinski definition) is 1. The van der Waals surface area contributed by atoms with Crippen LogP contribution in [-0.4, -0.2) is 11.8 Å². The van der Waals surface area contributed by atoms with Gasteiger partial charge in [-0.05, 0) is 56.3 Å². The van der Waals surface area contributed by atoms with Crippen molar-refractivity contribution in [2.75, 3.05) is 0 Å². The van der Waals surface area contributed by atoms with Gasteiger partial charge in [0.2, 0.25) is 0 Å². The molecule has 0 N–H and O–H groups in total. The van der Waals surface area contributed by atoms with Crippen LogP contribution in [0.15, 0.2) is 4.99 Å². The second-order valence-electron chi connectivity index (χ2n) is 6.61. The van der Waals surface area contributed by atoms with Crippen LogP contribution in [0.5, 0.6) is 0 Å². The molecule has 2 aliphatic rings. The summed E-state index contributed by atoms with van der Waals surface area (Å²) in [7, 11) is 0. The van der Waals surface area contributed by atoms with Crippen LogP contribution in [0.3, 0.4) is 0 Å². The van der Waals surface area contributed by atoms with E-state index in [0.29, 0.717) is 11.5 Å². The molecule has 1 heteroatoms. The van der Waals surface area contributed by atoms with Crippen molar-refractivity contribution in [2.24, 2.45) is 22.2 Å². The van der Waals surface area contributed by atoms with E-state index in [1.807, 2.05) is 0 Å². The fourth-order valence-electron chi connectivity index (χ4n) is 3.29. The molecule has 0 radical (unpaired) electrons. The molecule has 15 heavy (non-hydrogen) atoms. The summed E-state index contributed by atoms with van der Waals surface area (Å²) in [6.45, 7) is 9.43. The number of rotatable bonds is 2. The Balaban J connectivity index is 1.99. The summed E-state index contributed by atoms with van der Waals surface area (Å²) in [5, 5.41) is 0. The summed E-state index contributed by atoms with van der Waals surface area (Å²) in [4.78, 5) is 4.96. The first-order chi connectivity index (χ1) is 6.96. The standard InChI is InChI=1S/C14H25N/c1-10-7-13(9-14(3,4)8-10)15-11(2)12-5-6-12/h10,12-13H,5-9H2,1-4H3. The van der Waals surface area contributed by atoms with E-state index in [1.165, 1.54) is 37.8 Å². The second kappa shape index (κ2) is 3.92.